The van der Waals surface area contributed by atoms with Crippen molar-refractivity contribution in [3.63, 3.8) is 0 Å². The highest BCUT2D eigenvalue weighted by atomic mass is 32.2. The largest absolute Gasteiger partial charge is 0.381 e. The second-order valence-corrected chi connectivity index (χ2v) is 7.02. The lowest BCUT2D eigenvalue weighted by molar-refractivity contribution is 0.0570. The van der Waals surface area contributed by atoms with Gasteiger partial charge in [0, 0.05) is 19.1 Å². The third-order valence-electron chi connectivity index (χ3n) is 3.56. The molecule has 0 aliphatic carbocycles. The normalized spacial score (nSPS) is 23.7. The van der Waals surface area contributed by atoms with Crippen LogP contribution in [0.2, 0.25) is 0 Å². The minimum Gasteiger partial charge on any atom is -0.381 e. The first kappa shape index (κ1) is 15.4. The molecular weight excluding hydrogens is 281 g/mol. The van der Waals surface area contributed by atoms with Crippen molar-refractivity contribution in [1.82, 2.24) is 4.72 Å². The van der Waals surface area contributed by atoms with E-state index in [9.17, 15) is 12.8 Å². The lowest BCUT2D eigenvalue weighted by Gasteiger charge is -2.31. The van der Waals surface area contributed by atoms with Crippen molar-refractivity contribution in [3.05, 3.63) is 35.6 Å². The number of rotatable bonds is 5. The van der Waals surface area contributed by atoms with E-state index in [1.54, 1.807) is 19.1 Å². The summed E-state index contributed by atoms with van der Waals surface area (Å²) in [7, 11) is -3.31. The Labute approximate surface area is 119 Å². The summed E-state index contributed by atoms with van der Waals surface area (Å²) >= 11 is 0. The minimum absolute atomic E-state index is 0.0988. The van der Waals surface area contributed by atoms with Gasteiger partial charge < -0.3 is 4.74 Å². The third-order valence-corrected chi connectivity index (χ3v) is 5.67. The van der Waals surface area contributed by atoms with Crippen LogP contribution in [0.3, 0.4) is 0 Å². The van der Waals surface area contributed by atoms with Gasteiger partial charge in [-0.05, 0) is 30.5 Å². The van der Waals surface area contributed by atoms with Crippen molar-refractivity contribution >= 4 is 10.0 Å². The van der Waals surface area contributed by atoms with E-state index in [0.29, 0.717) is 32.6 Å². The van der Waals surface area contributed by atoms with Crippen LogP contribution in [0.4, 0.5) is 4.39 Å². The van der Waals surface area contributed by atoms with E-state index < -0.39 is 15.3 Å². The van der Waals surface area contributed by atoms with Crippen LogP contribution in [0.15, 0.2) is 24.3 Å². The SMILES string of the molecule is CCNS(=O)(=O)C1CCOCC1Cc1ccc(F)cc1. The van der Waals surface area contributed by atoms with E-state index in [0.717, 1.165) is 5.56 Å². The molecule has 1 aromatic rings. The van der Waals surface area contributed by atoms with Gasteiger partial charge in [0.15, 0.2) is 0 Å². The fraction of sp³-hybridized carbons (Fsp3) is 0.571. The van der Waals surface area contributed by atoms with Crippen LogP contribution in [-0.2, 0) is 21.2 Å². The molecular formula is C14H20FNO3S. The molecule has 1 aliphatic heterocycles. The van der Waals surface area contributed by atoms with Crippen LogP contribution >= 0.6 is 0 Å². The summed E-state index contributed by atoms with van der Waals surface area (Å²) in [6.07, 6.45) is 1.08. The highest BCUT2D eigenvalue weighted by Crippen LogP contribution is 2.25. The molecule has 1 aromatic carbocycles. The second kappa shape index (κ2) is 6.65. The van der Waals surface area contributed by atoms with Gasteiger partial charge in [0.25, 0.3) is 0 Å². The maximum absolute atomic E-state index is 12.9. The Bertz CT molecular complexity index is 530. The Morgan fingerprint density at radius 1 is 1.35 bits per heavy atom. The van der Waals surface area contributed by atoms with E-state index in [2.05, 4.69) is 4.72 Å². The number of benzene rings is 1. The van der Waals surface area contributed by atoms with Gasteiger partial charge in [0.2, 0.25) is 10.0 Å². The summed E-state index contributed by atoms with van der Waals surface area (Å²) in [6.45, 7) is 3.05. The second-order valence-electron chi connectivity index (χ2n) is 5.04. The van der Waals surface area contributed by atoms with Crippen LogP contribution in [-0.4, -0.2) is 33.4 Å². The molecule has 0 bridgehead atoms. The topological polar surface area (TPSA) is 55.4 Å². The van der Waals surface area contributed by atoms with Gasteiger partial charge in [-0.3, -0.25) is 0 Å². The zero-order valence-corrected chi connectivity index (χ0v) is 12.3. The number of nitrogens with one attached hydrogen (secondary N) is 1. The molecule has 0 aromatic heterocycles. The minimum atomic E-state index is -3.31. The van der Waals surface area contributed by atoms with Gasteiger partial charge >= 0.3 is 0 Å². The van der Waals surface area contributed by atoms with Crippen LogP contribution < -0.4 is 4.72 Å². The Morgan fingerprint density at radius 2 is 2.05 bits per heavy atom. The molecule has 1 fully saturated rings. The molecule has 1 heterocycles. The average molecular weight is 301 g/mol. The molecule has 0 saturated carbocycles. The van der Waals surface area contributed by atoms with Crippen molar-refractivity contribution in [1.29, 1.82) is 0 Å². The highest BCUT2D eigenvalue weighted by molar-refractivity contribution is 7.90. The van der Waals surface area contributed by atoms with E-state index in [4.69, 9.17) is 4.74 Å². The zero-order valence-electron chi connectivity index (χ0n) is 11.5. The summed E-state index contributed by atoms with van der Waals surface area (Å²) in [5.74, 6) is -0.385. The zero-order chi connectivity index (χ0) is 14.6. The summed E-state index contributed by atoms with van der Waals surface area (Å²) in [5.41, 5.74) is 0.929. The number of halogens is 1. The quantitative estimate of drug-likeness (QED) is 0.901. The molecule has 1 saturated heterocycles. The van der Waals surface area contributed by atoms with E-state index in [-0.39, 0.29) is 11.7 Å². The predicted molar refractivity (Wildman–Crippen MR) is 75.4 cm³/mol. The fourth-order valence-corrected chi connectivity index (χ4v) is 4.31. The maximum atomic E-state index is 12.9. The fourth-order valence-electron chi connectivity index (χ4n) is 2.61. The molecule has 0 spiro atoms. The van der Waals surface area contributed by atoms with Crippen LogP contribution in [0.25, 0.3) is 0 Å². The van der Waals surface area contributed by atoms with Crippen molar-refractivity contribution in [2.45, 2.75) is 25.0 Å². The molecule has 4 nitrogen and oxygen atoms in total. The molecule has 0 amide bonds. The van der Waals surface area contributed by atoms with Crippen molar-refractivity contribution in [2.75, 3.05) is 19.8 Å². The van der Waals surface area contributed by atoms with Gasteiger partial charge in [0.05, 0.1) is 11.9 Å². The molecule has 2 atom stereocenters. The first-order valence-corrected chi connectivity index (χ1v) is 8.38. The molecule has 2 unspecified atom stereocenters. The summed E-state index contributed by atoms with van der Waals surface area (Å²) < 4.78 is 45.3. The molecule has 2 rings (SSSR count). The Kier molecular flexibility index (Phi) is 5.12. The smallest absolute Gasteiger partial charge is 0.214 e. The lowest BCUT2D eigenvalue weighted by Crippen LogP contribution is -2.44. The third kappa shape index (κ3) is 3.77. The molecule has 0 radical (unpaired) electrons. The Morgan fingerprint density at radius 3 is 2.70 bits per heavy atom. The molecule has 112 valence electrons. The summed E-state index contributed by atoms with van der Waals surface area (Å²) in [4.78, 5) is 0. The number of hydrogen-bond acceptors (Lipinski definition) is 3. The predicted octanol–water partition coefficient (Wildman–Crippen LogP) is 1.71. The number of hydrogen-bond donors (Lipinski definition) is 1. The molecule has 1 aliphatic rings. The highest BCUT2D eigenvalue weighted by Gasteiger charge is 2.35. The van der Waals surface area contributed by atoms with E-state index >= 15 is 0 Å². The van der Waals surface area contributed by atoms with Gasteiger partial charge in [-0.2, -0.15) is 0 Å². The summed E-state index contributed by atoms with van der Waals surface area (Å²) in [6, 6.07) is 6.18. The van der Waals surface area contributed by atoms with Gasteiger partial charge in [-0.25, -0.2) is 17.5 Å². The molecule has 6 heteroatoms. The van der Waals surface area contributed by atoms with Crippen molar-refractivity contribution in [3.8, 4) is 0 Å². The monoisotopic (exact) mass is 301 g/mol. The van der Waals surface area contributed by atoms with Crippen LogP contribution in [0.1, 0.15) is 18.9 Å². The first-order chi connectivity index (χ1) is 9.53. The van der Waals surface area contributed by atoms with Gasteiger partial charge in [-0.15, -0.1) is 0 Å². The number of ether oxygens (including phenoxy) is 1. The standard InChI is InChI=1S/C14H20FNO3S/c1-2-16-20(17,18)14-7-8-19-10-12(14)9-11-3-5-13(15)6-4-11/h3-6,12,14,16H,2,7-10H2,1H3. The first-order valence-electron chi connectivity index (χ1n) is 6.83. The van der Waals surface area contributed by atoms with E-state index in [1.807, 2.05) is 0 Å². The van der Waals surface area contributed by atoms with Gasteiger partial charge in [0.1, 0.15) is 5.82 Å². The Hall–Kier alpha value is -0.980. The average Bonchev–Trinajstić information content (AvgIpc) is 2.42. The maximum Gasteiger partial charge on any atom is 0.214 e. The van der Waals surface area contributed by atoms with E-state index in [1.165, 1.54) is 12.1 Å². The van der Waals surface area contributed by atoms with Crippen LogP contribution in [0, 0.1) is 11.7 Å². The van der Waals surface area contributed by atoms with Crippen LogP contribution in [0.5, 0.6) is 0 Å². The number of sulfonamides is 1. The van der Waals surface area contributed by atoms with Crippen molar-refractivity contribution in [2.24, 2.45) is 5.92 Å². The molecule has 20 heavy (non-hydrogen) atoms. The van der Waals surface area contributed by atoms with Gasteiger partial charge in [-0.1, -0.05) is 19.1 Å². The summed E-state index contributed by atoms with van der Waals surface area (Å²) in [5, 5.41) is -0.443. The Balaban J connectivity index is 2.13. The lowest BCUT2D eigenvalue weighted by atomic mass is 9.93. The van der Waals surface area contributed by atoms with Crippen molar-refractivity contribution < 1.29 is 17.5 Å². The molecule has 1 N–H and O–H groups in total.